The van der Waals surface area contributed by atoms with Gasteiger partial charge in [-0.1, -0.05) is 6.07 Å². The summed E-state index contributed by atoms with van der Waals surface area (Å²) >= 11 is 1.29. The summed E-state index contributed by atoms with van der Waals surface area (Å²) in [5, 5.41) is 2.96. The molecular weight excluding hydrogens is 407 g/mol. The van der Waals surface area contributed by atoms with Crippen LogP contribution in [0, 0.1) is 5.82 Å². The predicted molar refractivity (Wildman–Crippen MR) is 105 cm³/mol. The molecule has 28 heavy (non-hydrogen) atoms. The molecule has 0 aliphatic heterocycles. The summed E-state index contributed by atoms with van der Waals surface area (Å²) in [4.78, 5) is 25.7. The molecule has 3 rings (SSSR count). The zero-order chi connectivity index (χ0) is 20.5. The monoisotopic (exact) mass is 426 g/mol. The number of ether oxygens (including phenoxy) is 1. The number of aryl methyl sites for hydroxylation is 1. The van der Waals surface area contributed by atoms with Gasteiger partial charge >= 0.3 is 5.97 Å². The number of carbonyl (C=O) groups excluding carboxylic acids is 2. The van der Waals surface area contributed by atoms with Crippen LogP contribution in [0.15, 0.2) is 24.3 Å². The number of nitrogens with zero attached hydrogens (tertiary/aromatic N) is 1. The van der Waals surface area contributed by atoms with E-state index in [9.17, 15) is 22.4 Å². The lowest BCUT2D eigenvalue weighted by Crippen LogP contribution is -2.37. The van der Waals surface area contributed by atoms with E-state index in [1.54, 1.807) is 0 Å². The van der Waals surface area contributed by atoms with E-state index in [-0.39, 0.29) is 5.69 Å². The van der Waals surface area contributed by atoms with Gasteiger partial charge in [-0.2, -0.15) is 0 Å². The number of sulfonamides is 1. The zero-order valence-corrected chi connectivity index (χ0v) is 17.0. The number of fused-ring (bicyclic) bond motifs is 1. The van der Waals surface area contributed by atoms with Gasteiger partial charge in [0.05, 0.1) is 24.6 Å². The van der Waals surface area contributed by atoms with Gasteiger partial charge < -0.3 is 10.1 Å². The van der Waals surface area contributed by atoms with Crippen molar-refractivity contribution in [3.63, 3.8) is 0 Å². The summed E-state index contributed by atoms with van der Waals surface area (Å²) in [7, 11) is -2.57. The fourth-order valence-corrected chi connectivity index (χ4v) is 5.28. The number of anilines is 2. The van der Waals surface area contributed by atoms with Gasteiger partial charge in [-0.25, -0.2) is 17.6 Å². The Balaban J connectivity index is 1.86. The van der Waals surface area contributed by atoms with Crippen molar-refractivity contribution in [2.75, 3.05) is 29.5 Å². The maximum Gasteiger partial charge on any atom is 0.341 e. The van der Waals surface area contributed by atoms with Crippen LogP contribution in [-0.2, 0) is 32.4 Å². The quantitative estimate of drug-likeness (QED) is 0.717. The Morgan fingerprint density at radius 2 is 2.07 bits per heavy atom. The van der Waals surface area contributed by atoms with E-state index in [0.717, 1.165) is 46.3 Å². The van der Waals surface area contributed by atoms with Crippen LogP contribution in [-0.4, -0.2) is 40.2 Å². The van der Waals surface area contributed by atoms with E-state index in [4.69, 9.17) is 4.74 Å². The molecular formula is C18H19FN2O5S2. The highest BCUT2D eigenvalue weighted by molar-refractivity contribution is 7.92. The van der Waals surface area contributed by atoms with Crippen molar-refractivity contribution in [3.8, 4) is 0 Å². The van der Waals surface area contributed by atoms with Crippen LogP contribution >= 0.6 is 11.3 Å². The second kappa shape index (κ2) is 7.88. The Labute approximate surface area is 166 Å². The fraction of sp³-hybridized carbons (Fsp3) is 0.333. The average molecular weight is 426 g/mol. The van der Waals surface area contributed by atoms with Crippen molar-refractivity contribution in [1.29, 1.82) is 0 Å². The lowest BCUT2D eigenvalue weighted by molar-refractivity contribution is -0.114. The third-order valence-corrected chi connectivity index (χ3v) is 6.70. The number of carbonyl (C=O) groups is 2. The lowest BCUT2D eigenvalue weighted by atomic mass is 10.1. The summed E-state index contributed by atoms with van der Waals surface area (Å²) < 4.78 is 43.4. The van der Waals surface area contributed by atoms with E-state index in [1.165, 1.54) is 36.6 Å². The number of thiophene rings is 1. The molecule has 1 heterocycles. The van der Waals surface area contributed by atoms with E-state index >= 15 is 0 Å². The number of benzene rings is 1. The van der Waals surface area contributed by atoms with Gasteiger partial charge in [-0.3, -0.25) is 9.10 Å². The Morgan fingerprint density at radius 1 is 1.32 bits per heavy atom. The van der Waals surface area contributed by atoms with E-state index in [1.807, 2.05) is 0 Å². The molecule has 0 spiro atoms. The highest BCUT2D eigenvalue weighted by Gasteiger charge is 2.29. The van der Waals surface area contributed by atoms with Gasteiger partial charge in [0.25, 0.3) is 0 Å². The SMILES string of the molecule is COC(=O)c1c(NC(=O)CN(c2cccc(F)c2)S(C)(=O)=O)sc2c1CCC2. The lowest BCUT2D eigenvalue weighted by Gasteiger charge is -2.21. The highest BCUT2D eigenvalue weighted by Crippen LogP contribution is 2.39. The summed E-state index contributed by atoms with van der Waals surface area (Å²) in [6.07, 6.45) is 3.41. The standard InChI is InChI=1S/C18H19FN2O5S2/c1-26-18(23)16-13-7-4-8-14(13)27-17(16)20-15(22)10-21(28(2,24)25)12-6-3-5-11(19)9-12/h3,5-6,9H,4,7-8,10H2,1-2H3,(H,20,22). The van der Waals surface area contributed by atoms with E-state index in [2.05, 4.69) is 5.32 Å². The molecule has 0 atom stereocenters. The third-order valence-electron chi connectivity index (χ3n) is 4.35. The van der Waals surface area contributed by atoms with Gasteiger partial charge in [-0.15, -0.1) is 11.3 Å². The number of hydrogen-bond donors (Lipinski definition) is 1. The number of esters is 1. The molecule has 1 N–H and O–H groups in total. The number of methoxy groups -OCH3 is 1. The Kier molecular flexibility index (Phi) is 5.71. The number of amides is 1. The first-order valence-corrected chi connectivity index (χ1v) is 11.1. The molecule has 1 aromatic carbocycles. The molecule has 10 heteroatoms. The summed E-state index contributed by atoms with van der Waals surface area (Å²) in [5.41, 5.74) is 1.24. The molecule has 0 bridgehead atoms. The Morgan fingerprint density at radius 3 is 2.71 bits per heavy atom. The normalized spacial score (nSPS) is 13.1. The van der Waals surface area contributed by atoms with Gasteiger partial charge in [0.1, 0.15) is 17.4 Å². The maximum atomic E-state index is 13.5. The molecule has 1 aliphatic carbocycles. The van der Waals surface area contributed by atoms with Crippen LogP contribution in [0.3, 0.4) is 0 Å². The first kappa shape index (κ1) is 20.3. The van der Waals surface area contributed by atoms with Crippen LogP contribution in [0.5, 0.6) is 0 Å². The summed E-state index contributed by atoms with van der Waals surface area (Å²) in [6.45, 7) is -0.550. The fourth-order valence-electron chi connectivity index (χ4n) is 3.14. The molecule has 1 aromatic heterocycles. The van der Waals surface area contributed by atoms with E-state index < -0.39 is 34.3 Å². The minimum atomic E-state index is -3.83. The number of nitrogens with one attached hydrogen (secondary N) is 1. The van der Waals surface area contributed by atoms with Gasteiger partial charge in [0.15, 0.2) is 0 Å². The smallest absolute Gasteiger partial charge is 0.341 e. The second-order valence-electron chi connectivity index (χ2n) is 6.35. The third kappa shape index (κ3) is 4.17. The molecule has 7 nitrogen and oxygen atoms in total. The maximum absolute atomic E-state index is 13.5. The van der Waals surface area contributed by atoms with Gasteiger partial charge in [0, 0.05) is 4.88 Å². The van der Waals surface area contributed by atoms with Crippen molar-refractivity contribution in [3.05, 3.63) is 46.1 Å². The van der Waals surface area contributed by atoms with Crippen LogP contribution in [0.2, 0.25) is 0 Å². The van der Waals surface area contributed by atoms with Gasteiger partial charge in [-0.05, 0) is 43.0 Å². The Hall–Kier alpha value is -2.46. The first-order chi connectivity index (χ1) is 13.2. The van der Waals surface area contributed by atoms with Crippen molar-refractivity contribution in [1.82, 2.24) is 0 Å². The van der Waals surface area contributed by atoms with Crippen LogP contribution in [0.4, 0.5) is 15.1 Å². The number of rotatable bonds is 6. The minimum Gasteiger partial charge on any atom is -0.465 e. The molecule has 2 aromatic rings. The van der Waals surface area contributed by atoms with Crippen LogP contribution in [0.1, 0.15) is 27.2 Å². The first-order valence-electron chi connectivity index (χ1n) is 8.46. The van der Waals surface area contributed by atoms with Crippen molar-refractivity contribution >= 4 is 43.9 Å². The van der Waals surface area contributed by atoms with Crippen LogP contribution in [0.25, 0.3) is 0 Å². The van der Waals surface area contributed by atoms with Crippen molar-refractivity contribution in [2.24, 2.45) is 0 Å². The molecule has 1 aliphatic rings. The number of halogens is 1. The molecule has 0 radical (unpaired) electrons. The minimum absolute atomic E-state index is 0.0412. The number of hydrogen-bond acceptors (Lipinski definition) is 6. The van der Waals surface area contributed by atoms with Gasteiger partial charge in [0.2, 0.25) is 15.9 Å². The topological polar surface area (TPSA) is 92.8 Å². The molecule has 0 saturated carbocycles. The molecule has 0 fully saturated rings. The Bertz CT molecular complexity index is 1030. The van der Waals surface area contributed by atoms with Crippen molar-refractivity contribution < 1.29 is 27.1 Å². The predicted octanol–water partition coefficient (Wildman–Crippen LogP) is 2.57. The molecule has 150 valence electrons. The van der Waals surface area contributed by atoms with Crippen molar-refractivity contribution in [2.45, 2.75) is 19.3 Å². The molecule has 0 unspecified atom stereocenters. The largest absolute Gasteiger partial charge is 0.465 e. The second-order valence-corrected chi connectivity index (χ2v) is 9.36. The average Bonchev–Trinajstić information content (AvgIpc) is 3.18. The zero-order valence-electron chi connectivity index (χ0n) is 15.3. The molecule has 0 saturated heterocycles. The summed E-state index contributed by atoms with van der Waals surface area (Å²) in [6, 6.07) is 4.98. The summed E-state index contributed by atoms with van der Waals surface area (Å²) in [5.74, 6) is -1.80. The van der Waals surface area contributed by atoms with E-state index in [0.29, 0.717) is 10.6 Å². The van der Waals surface area contributed by atoms with Crippen LogP contribution < -0.4 is 9.62 Å². The highest BCUT2D eigenvalue weighted by atomic mass is 32.2. The molecule has 1 amide bonds.